The summed E-state index contributed by atoms with van der Waals surface area (Å²) < 4.78 is 0. The summed E-state index contributed by atoms with van der Waals surface area (Å²) in [4.78, 5) is 0. The smallest absolute Gasteiger partial charge is 0.0119 e. The van der Waals surface area contributed by atoms with Crippen molar-refractivity contribution < 1.29 is 0 Å². The molecule has 0 aliphatic carbocycles. The molecule has 2 rings (SSSR count). The average molecular weight is 209 g/mol. The first kappa shape index (κ1) is 10.9. The highest BCUT2D eigenvalue weighted by molar-refractivity contribution is 5.66. The van der Waals surface area contributed by atoms with Gasteiger partial charge < -0.3 is 0 Å². The Balaban J connectivity index is 2.53. The van der Waals surface area contributed by atoms with Gasteiger partial charge >= 0.3 is 0 Å². The molecule has 2 aromatic rings. The molecule has 0 aromatic heterocycles. The lowest BCUT2D eigenvalue weighted by Gasteiger charge is -2.11. The molecule has 0 saturated heterocycles. The van der Waals surface area contributed by atoms with Gasteiger partial charge in [-0.1, -0.05) is 49.4 Å². The van der Waals surface area contributed by atoms with Crippen LogP contribution in [0, 0.1) is 20.3 Å². The third-order valence-corrected chi connectivity index (χ3v) is 2.99. The second kappa shape index (κ2) is 4.52. The fourth-order valence-corrected chi connectivity index (χ4v) is 2.23. The van der Waals surface area contributed by atoms with E-state index in [1.165, 1.54) is 27.8 Å². The van der Waals surface area contributed by atoms with E-state index in [0.29, 0.717) is 0 Å². The van der Waals surface area contributed by atoms with Crippen LogP contribution in [0.2, 0.25) is 0 Å². The van der Waals surface area contributed by atoms with Crippen molar-refractivity contribution in [3.63, 3.8) is 0 Å². The van der Waals surface area contributed by atoms with Crippen LogP contribution in [0.4, 0.5) is 0 Å². The molecule has 0 nitrogen and oxygen atoms in total. The van der Waals surface area contributed by atoms with Crippen LogP contribution in [0.5, 0.6) is 0 Å². The summed E-state index contributed by atoms with van der Waals surface area (Å²) in [5.74, 6) is 0. The predicted octanol–water partition coefficient (Wildman–Crippen LogP) is 4.54. The summed E-state index contributed by atoms with van der Waals surface area (Å²) >= 11 is 0. The summed E-state index contributed by atoms with van der Waals surface area (Å²) in [6.07, 6.45) is 2.18. The van der Waals surface area contributed by atoms with Crippen LogP contribution in [0.3, 0.4) is 0 Å². The van der Waals surface area contributed by atoms with E-state index in [0.717, 1.165) is 0 Å². The average Bonchev–Trinajstić information content (AvgIpc) is 2.30. The van der Waals surface area contributed by atoms with Gasteiger partial charge in [0.1, 0.15) is 0 Å². The van der Waals surface area contributed by atoms with E-state index in [1.54, 1.807) is 0 Å². The molecule has 0 atom stereocenters. The maximum absolute atomic E-state index is 2.26. The highest BCUT2D eigenvalue weighted by atomic mass is 14.1. The SMILES string of the molecule is C[CH]c1c(C)cc(-c2ccccc2)cc1C. The Morgan fingerprint density at radius 1 is 0.812 bits per heavy atom. The molecular weight excluding hydrogens is 192 g/mol. The number of aryl methyl sites for hydroxylation is 2. The van der Waals surface area contributed by atoms with Crippen molar-refractivity contribution in [3.05, 3.63) is 65.6 Å². The first-order chi connectivity index (χ1) is 7.72. The molecule has 0 amide bonds. The second-order valence-corrected chi connectivity index (χ2v) is 4.18. The van der Waals surface area contributed by atoms with Crippen molar-refractivity contribution in [2.75, 3.05) is 0 Å². The zero-order valence-corrected chi connectivity index (χ0v) is 10.1. The lowest BCUT2D eigenvalue weighted by atomic mass is 9.94. The fourth-order valence-electron chi connectivity index (χ4n) is 2.23. The van der Waals surface area contributed by atoms with E-state index in [-0.39, 0.29) is 0 Å². The van der Waals surface area contributed by atoms with Crippen LogP contribution in [0.25, 0.3) is 11.1 Å². The molecule has 0 saturated carbocycles. The molecule has 0 fully saturated rings. The van der Waals surface area contributed by atoms with Gasteiger partial charge in [-0.15, -0.1) is 0 Å². The van der Waals surface area contributed by atoms with Crippen LogP contribution in [-0.2, 0) is 0 Å². The summed E-state index contributed by atoms with van der Waals surface area (Å²) in [5, 5.41) is 0. The summed E-state index contributed by atoms with van der Waals surface area (Å²) in [7, 11) is 0. The maximum atomic E-state index is 2.26. The Kier molecular flexibility index (Phi) is 3.09. The summed E-state index contributed by atoms with van der Waals surface area (Å²) in [5.41, 5.74) is 6.65. The van der Waals surface area contributed by atoms with E-state index < -0.39 is 0 Å². The number of benzene rings is 2. The van der Waals surface area contributed by atoms with E-state index in [9.17, 15) is 0 Å². The Morgan fingerprint density at radius 2 is 1.38 bits per heavy atom. The minimum absolute atomic E-state index is 1.29. The first-order valence-corrected chi connectivity index (χ1v) is 5.68. The van der Waals surface area contributed by atoms with Crippen LogP contribution in [0.15, 0.2) is 42.5 Å². The van der Waals surface area contributed by atoms with E-state index in [2.05, 4.69) is 69.7 Å². The molecule has 0 spiro atoms. The van der Waals surface area contributed by atoms with E-state index >= 15 is 0 Å². The molecule has 0 aliphatic rings. The Morgan fingerprint density at radius 3 is 1.88 bits per heavy atom. The number of hydrogen-bond acceptors (Lipinski definition) is 0. The van der Waals surface area contributed by atoms with E-state index in [1.807, 2.05) is 0 Å². The van der Waals surface area contributed by atoms with Gasteiger partial charge in [0.15, 0.2) is 0 Å². The lowest BCUT2D eigenvalue weighted by molar-refractivity contribution is 1.26. The van der Waals surface area contributed by atoms with Crippen LogP contribution < -0.4 is 0 Å². The molecule has 0 heteroatoms. The lowest BCUT2D eigenvalue weighted by Crippen LogP contribution is -1.91. The standard InChI is InChI=1S/C16H17/c1-4-16-12(2)10-15(11-13(16)3)14-8-6-5-7-9-14/h4-11H,1-3H3. The molecule has 16 heavy (non-hydrogen) atoms. The van der Waals surface area contributed by atoms with Gasteiger partial charge in [-0.3, -0.25) is 0 Å². The zero-order chi connectivity index (χ0) is 11.5. The van der Waals surface area contributed by atoms with Crippen molar-refractivity contribution in [1.82, 2.24) is 0 Å². The topological polar surface area (TPSA) is 0 Å². The van der Waals surface area contributed by atoms with Crippen molar-refractivity contribution in [1.29, 1.82) is 0 Å². The van der Waals surface area contributed by atoms with Gasteiger partial charge in [0.25, 0.3) is 0 Å². The fraction of sp³-hybridized carbons (Fsp3) is 0.188. The molecule has 81 valence electrons. The Labute approximate surface area is 97.9 Å². The minimum atomic E-state index is 1.29. The second-order valence-electron chi connectivity index (χ2n) is 4.18. The predicted molar refractivity (Wildman–Crippen MR) is 70.4 cm³/mol. The van der Waals surface area contributed by atoms with Crippen LogP contribution >= 0.6 is 0 Å². The zero-order valence-electron chi connectivity index (χ0n) is 10.1. The van der Waals surface area contributed by atoms with Crippen molar-refractivity contribution in [3.8, 4) is 11.1 Å². The van der Waals surface area contributed by atoms with Gasteiger partial charge in [0.05, 0.1) is 0 Å². The molecule has 0 unspecified atom stereocenters. The van der Waals surface area contributed by atoms with E-state index in [4.69, 9.17) is 0 Å². The molecular formula is C16H17. The van der Waals surface area contributed by atoms with Crippen molar-refractivity contribution in [2.24, 2.45) is 0 Å². The summed E-state index contributed by atoms with van der Waals surface area (Å²) in [6.45, 7) is 6.45. The number of rotatable bonds is 2. The highest BCUT2D eigenvalue weighted by Crippen LogP contribution is 2.25. The molecule has 0 aliphatic heterocycles. The molecule has 0 N–H and O–H groups in total. The number of hydrogen-bond donors (Lipinski definition) is 0. The largest absolute Gasteiger partial charge is 0.0622 e. The van der Waals surface area contributed by atoms with Crippen LogP contribution in [0.1, 0.15) is 23.6 Å². The van der Waals surface area contributed by atoms with Gasteiger partial charge in [0.2, 0.25) is 0 Å². The van der Waals surface area contributed by atoms with Gasteiger partial charge in [-0.2, -0.15) is 0 Å². The highest BCUT2D eigenvalue weighted by Gasteiger charge is 2.04. The molecule has 0 bridgehead atoms. The van der Waals surface area contributed by atoms with Gasteiger partial charge in [-0.05, 0) is 48.1 Å². The van der Waals surface area contributed by atoms with Crippen molar-refractivity contribution >= 4 is 0 Å². The quantitative estimate of drug-likeness (QED) is 0.681. The third-order valence-electron chi connectivity index (χ3n) is 2.99. The maximum Gasteiger partial charge on any atom is -0.0119 e. The molecule has 2 aromatic carbocycles. The van der Waals surface area contributed by atoms with Gasteiger partial charge in [0, 0.05) is 0 Å². The monoisotopic (exact) mass is 209 g/mol. The molecule has 1 radical (unpaired) electrons. The normalized spacial score (nSPS) is 10.4. The Hall–Kier alpha value is -1.56. The first-order valence-electron chi connectivity index (χ1n) is 5.68. The minimum Gasteiger partial charge on any atom is -0.0622 e. The Bertz CT molecular complexity index is 458. The van der Waals surface area contributed by atoms with Gasteiger partial charge in [-0.25, -0.2) is 0 Å². The van der Waals surface area contributed by atoms with Crippen molar-refractivity contribution in [2.45, 2.75) is 20.8 Å². The summed E-state index contributed by atoms with van der Waals surface area (Å²) in [6, 6.07) is 15.1. The third kappa shape index (κ3) is 2.01. The molecule has 0 heterocycles. The van der Waals surface area contributed by atoms with Crippen LogP contribution in [-0.4, -0.2) is 0 Å².